The van der Waals surface area contributed by atoms with Crippen LogP contribution in [0.4, 0.5) is 0 Å². The van der Waals surface area contributed by atoms with E-state index in [2.05, 4.69) is 5.32 Å². The van der Waals surface area contributed by atoms with Crippen LogP contribution in [0.15, 0.2) is 0 Å². The fraction of sp³-hybridized carbons (Fsp3) is 0.875. The molecule has 0 unspecified atom stereocenters. The molecule has 0 saturated carbocycles. The van der Waals surface area contributed by atoms with Crippen molar-refractivity contribution in [3.63, 3.8) is 0 Å². The third-order valence-electron chi connectivity index (χ3n) is 2.04. The van der Waals surface area contributed by atoms with E-state index in [0.717, 1.165) is 0 Å². The van der Waals surface area contributed by atoms with E-state index in [0.29, 0.717) is 13.0 Å². The highest BCUT2D eigenvalue weighted by Crippen LogP contribution is 2.15. The summed E-state index contributed by atoms with van der Waals surface area (Å²) >= 11 is 0. The minimum Gasteiger partial charge on any atom is -0.379 e. The summed E-state index contributed by atoms with van der Waals surface area (Å²) in [6.45, 7) is 1.73. The molecule has 0 aromatic carbocycles. The number of methoxy groups -OCH3 is 1. The number of hydrogen-bond donors (Lipinski definition) is 2. The standard InChI is InChI=1S/C8H15NO4/c1-5(10)9-6-4-13-8(11)3-7(6)12-2/h6-8,11H,3-4H2,1-2H3,(H,9,10)/t6-,7-,8-/m0/s1. The lowest BCUT2D eigenvalue weighted by atomic mass is 10.1. The molecule has 0 bridgehead atoms. The lowest BCUT2D eigenvalue weighted by Crippen LogP contribution is -2.51. The van der Waals surface area contributed by atoms with E-state index in [1.54, 1.807) is 7.11 Å². The third kappa shape index (κ3) is 2.95. The van der Waals surface area contributed by atoms with Crippen molar-refractivity contribution in [2.24, 2.45) is 0 Å². The summed E-state index contributed by atoms with van der Waals surface area (Å²) in [6.07, 6.45) is -0.566. The molecule has 1 aliphatic rings. The summed E-state index contributed by atoms with van der Waals surface area (Å²) in [5, 5.41) is 11.9. The van der Waals surface area contributed by atoms with Crippen LogP contribution in [-0.2, 0) is 14.3 Å². The summed E-state index contributed by atoms with van der Waals surface area (Å²) < 4.78 is 10.1. The third-order valence-corrected chi connectivity index (χ3v) is 2.04. The molecule has 2 N–H and O–H groups in total. The van der Waals surface area contributed by atoms with Gasteiger partial charge >= 0.3 is 0 Å². The quantitative estimate of drug-likeness (QED) is 0.599. The van der Waals surface area contributed by atoms with Crippen LogP contribution in [0.5, 0.6) is 0 Å². The number of aliphatic hydroxyl groups is 1. The maximum atomic E-state index is 10.8. The lowest BCUT2D eigenvalue weighted by molar-refractivity contribution is -0.172. The maximum Gasteiger partial charge on any atom is 0.217 e. The van der Waals surface area contributed by atoms with Gasteiger partial charge in [0.25, 0.3) is 0 Å². The molecule has 0 aliphatic carbocycles. The molecule has 0 aromatic heterocycles. The van der Waals surface area contributed by atoms with Gasteiger partial charge in [0.1, 0.15) is 0 Å². The van der Waals surface area contributed by atoms with E-state index in [-0.39, 0.29) is 18.1 Å². The molecule has 0 spiro atoms. The highest BCUT2D eigenvalue weighted by Gasteiger charge is 2.30. The zero-order valence-corrected chi connectivity index (χ0v) is 7.82. The minimum atomic E-state index is -0.782. The van der Waals surface area contributed by atoms with Gasteiger partial charge < -0.3 is 19.9 Å². The zero-order valence-electron chi connectivity index (χ0n) is 7.82. The molecule has 1 rings (SSSR count). The molecule has 5 heteroatoms. The summed E-state index contributed by atoms with van der Waals surface area (Å²) in [7, 11) is 1.55. The van der Waals surface area contributed by atoms with Crippen molar-refractivity contribution in [3.05, 3.63) is 0 Å². The predicted molar refractivity (Wildman–Crippen MR) is 45.0 cm³/mol. The number of carbonyl (C=O) groups excluding carboxylic acids is 1. The Morgan fingerprint density at radius 3 is 2.92 bits per heavy atom. The Labute approximate surface area is 77.0 Å². The van der Waals surface area contributed by atoms with Crippen LogP contribution in [0.3, 0.4) is 0 Å². The molecule has 0 aromatic rings. The maximum absolute atomic E-state index is 10.8. The van der Waals surface area contributed by atoms with Gasteiger partial charge in [0.15, 0.2) is 6.29 Å². The first-order chi connectivity index (χ1) is 6.13. The van der Waals surface area contributed by atoms with Crippen molar-refractivity contribution in [3.8, 4) is 0 Å². The highest BCUT2D eigenvalue weighted by atomic mass is 16.6. The molecule has 1 amide bonds. The molecular weight excluding hydrogens is 174 g/mol. The largest absolute Gasteiger partial charge is 0.379 e. The second-order valence-corrected chi connectivity index (χ2v) is 3.10. The van der Waals surface area contributed by atoms with Gasteiger partial charge in [-0.2, -0.15) is 0 Å². The second-order valence-electron chi connectivity index (χ2n) is 3.10. The van der Waals surface area contributed by atoms with Gasteiger partial charge in [-0.15, -0.1) is 0 Å². The van der Waals surface area contributed by atoms with Crippen molar-refractivity contribution in [1.82, 2.24) is 5.32 Å². The van der Waals surface area contributed by atoms with Crippen LogP contribution < -0.4 is 5.32 Å². The van der Waals surface area contributed by atoms with Crippen molar-refractivity contribution < 1.29 is 19.4 Å². The summed E-state index contributed by atoms with van der Waals surface area (Å²) in [5.74, 6) is -0.118. The summed E-state index contributed by atoms with van der Waals surface area (Å²) in [6, 6.07) is -0.161. The number of nitrogens with one attached hydrogen (secondary N) is 1. The van der Waals surface area contributed by atoms with Gasteiger partial charge in [-0.05, 0) is 0 Å². The predicted octanol–water partition coefficient (Wildman–Crippen LogP) is -0.755. The molecule has 76 valence electrons. The Bertz CT molecular complexity index is 185. The molecule has 5 nitrogen and oxygen atoms in total. The van der Waals surface area contributed by atoms with E-state index in [1.165, 1.54) is 6.92 Å². The molecule has 13 heavy (non-hydrogen) atoms. The number of aliphatic hydroxyl groups excluding tert-OH is 1. The van der Waals surface area contributed by atoms with Crippen LogP contribution >= 0.6 is 0 Å². The van der Waals surface area contributed by atoms with Crippen LogP contribution in [-0.4, -0.2) is 43.2 Å². The topological polar surface area (TPSA) is 67.8 Å². The Hall–Kier alpha value is -0.650. The van der Waals surface area contributed by atoms with Crippen molar-refractivity contribution >= 4 is 5.91 Å². The van der Waals surface area contributed by atoms with Crippen LogP contribution in [0, 0.1) is 0 Å². The Morgan fingerprint density at radius 1 is 1.69 bits per heavy atom. The molecule has 1 heterocycles. The van der Waals surface area contributed by atoms with Crippen LogP contribution in [0.25, 0.3) is 0 Å². The van der Waals surface area contributed by atoms with Gasteiger partial charge in [-0.3, -0.25) is 4.79 Å². The molecular formula is C8H15NO4. The second kappa shape index (κ2) is 4.55. The minimum absolute atomic E-state index is 0.118. The summed E-state index contributed by atoms with van der Waals surface area (Å²) in [5.41, 5.74) is 0. The van der Waals surface area contributed by atoms with E-state index in [9.17, 15) is 4.79 Å². The molecule has 0 radical (unpaired) electrons. The average Bonchev–Trinajstić information content (AvgIpc) is 2.07. The molecule has 1 fully saturated rings. The fourth-order valence-electron chi connectivity index (χ4n) is 1.41. The Balaban J connectivity index is 2.47. The first-order valence-corrected chi connectivity index (χ1v) is 4.23. The molecule has 1 aliphatic heterocycles. The lowest BCUT2D eigenvalue weighted by Gasteiger charge is -2.33. The van der Waals surface area contributed by atoms with Crippen LogP contribution in [0.2, 0.25) is 0 Å². The smallest absolute Gasteiger partial charge is 0.217 e. The molecule has 3 atom stereocenters. The van der Waals surface area contributed by atoms with Gasteiger partial charge in [-0.1, -0.05) is 0 Å². The van der Waals surface area contributed by atoms with Crippen molar-refractivity contribution in [1.29, 1.82) is 0 Å². The normalized spacial score (nSPS) is 34.2. The van der Waals surface area contributed by atoms with Gasteiger partial charge in [0.05, 0.1) is 18.8 Å². The van der Waals surface area contributed by atoms with Crippen molar-refractivity contribution in [2.75, 3.05) is 13.7 Å². The number of ether oxygens (including phenoxy) is 2. The Kier molecular flexibility index (Phi) is 3.65. The first-order valence-electron chi connectivity index (χ1n) is 4.23. The monoisotopic (exact) mass is 189 g/mol. The van der Waals surface area contributed by atoms with Gasteiger partial charge in [0.2, 0.25) is 5.91 Å². The zero-order chi connectivity index (χ0) is 9.84. The number of rotatable bonds is 2. The SMILES string of the molecule is CO[C@H]1C[C@@H](O)OC[C@@H]1NC(C)=O. The van der Waals surface area contributed by atoms with E-state index < -0.39 is 6.29 Å². The van der Waals surface area contributed by atoms with E-state index >= 15 is 0 Å². The first kappa shape index (κ1) is 10.4. The fourth-order valence-corrected chi connectivity index (χ4v) is 1.41. The Morgan fingerprint density at radius 2 is 2.38 bits per heavy atom. The van der Waals surface area contributed by atoms with Gasteiger partial charge in [-0.25, -0.2) is 0 Å². The number of hydrogen-bond acceptors (Lipinski definition) is 4. The average molecular weight is 189 g/mol. The van der Waals surface area contributed by atoms with Crippen LogP contribution in [0.1, 0.15) is 13.3 Å². The van der Waals surface area contributed by atoms with E-state index in [1.807, 2.05) is 0 Å². The molecule has 1 saturated heterocycles. The number of carbonyl (C=O) groups is 1. The van der Waals surface area contributed by atoms with Crippen molar-refractivity contribution in [2.45, 2.75) is 31.8 Å². The van der Waals surface area contributed by atoms with Gasteiger partial charge in [0, 0.05) is 20.5 Å². The summed E-state index contributed by atoms with van der Waals surface area (Å²) in [4.78, 5) is 10.8. The number of amides is 1. The highest BCUT2D eigenvalue weighted by molar-refractivity contribution is 5.73. The van der Waals surface area contributed by atoms with E-state index in [4.69, 9.17) is 14.6 Å².